The number of Topliss-reactive ketones (excluding diaryl/α,β-unsaturated/α-hetero) is 1. The van der Waals surface area contributed by atoms with Crippen LogP contribution in [0.3, 0.4) is 0 Å². The number of methoxy groups -OCH3 is 2. The van der Waals surface area contributed by atoms with Crippen molar-refractivity contribution in [3.05, 3.63) is 89.5 Å². The van der Waals surface area contributed by atoms with E-state index < -0.39 is 10.0 Å². The van der Waals surface area contributed by atoms with E-state index in [0.717, 1.165) is 5.56 Å². The van der Waals surface area contributed by atoms with E-state index in [4.69, 9.17) is 9.47 Å². The number of carbonyl (C=O) groups excluding carboxylic acids is 1. The number of hydrogen-bond acceptors (Lipinski definition) is 5. The third-order valence-electron chi connectivity index (χ3n) is 4.93. The molecule has 7 heteroatoms. The highest BCUT2D eigenvalue weighted by Gasteiger charge is 2.26. The lowest BCUT2D eigenvalue weighted by Crippen LogP contribution is -2.30. The molecule has 0 radical (unpaired) electrons. The first kappa shape index (κ1) is 22.5. The lowest BCUT2D eigenvalue weighted by molar-refractivity contribution is 0.101. The number of rotatable bonds is 9. The second-order valence-corrected chi connectivity index (χ2v) is 8.95. The van der Waals surface area contributed by atoms with Gasteiger partial charge in [0, 0.05) is 24.2 Å². The van der Waals surface area contributed by atoms with Gasteiger partial charge in [0.25, 0.3) is 0 Å². The minimum absolute atomic E-state index is 0.0492. The number of sulfonamides is 1. The normalized spacial score (nSPS) is 11.4. The first-order valence-electron chi connectivity index (χ1n) is 9.71. The van der Waals surface area contributed by atoms with E-state index in [1.165, 1.54) is 37.6 Å². The van der Waals surface area contributed by atoms with Gasteiger partial charge in [0.1, 0.15) is 11.5 Å². The van der Waals surface area contributed by atoms with Gasteiger partial charge in [-0.15, -0.1) is 0 Å². The van der Waals surface area contributed by atoms with Crippen molar-refractivity contribution in [3.8, 4) is 11.5 Å². The summed E-state index contributed by atoms with van der Waals surface area (Å²) in [6, 6.07) is 20.7. The lowest BCUT2D eigenvalue weighted by Gasteiger charge is -2.24. The molecule has 0 unspecified atom stereocenters. The van der Waals surface area contributed by atoms with Crippen LogP contribution in [0, 0.1) is 0 Å². The summed E-state index contributed by atoms with van der Waals surface area (Å²) in [4.78, 5) is 12.0. The molecular formula is C24H25NO5S. The van der Waals surface area contributed by atoms with Gasteiger partial charge in [-0.3, -0.25) is 4.79 Å². The molecule has 31 heavy (non-hydrogen) atoms. The number of nitrogens with zero attached hydrogens (tertiary/aromatic N) is 1. The van der Waals surface area contributed by atoms with Crippen molar-refractivity contribution in [3.63, 3.8) is 0 Å². The van der Waals surface area contributed by atoms with Gasteiger partial charge >= 0.3 is 0 Å². The summed E-state index contributed by atoms with van der Waals surface area (Å²) < 4.78 is 39.0. The molecule has 0 atom stereocenters. The van der Waals surface area contributed by atoms with Crippen molar-refractivity contribution in [2.75, 3.05) is 14.2 Å². The number of ether oxygens (including phenoxy) is 2. The molecule has 3 aromatic rings. The van der Waals surface area contributed by atoms with Crippen molar-refractivity contribution in [1.82, 2.24) is 4.31 Å². The van der Waals surface area contributed by atoms with Crippen LogP contribution in [-0.4, -0.2) is 32.7 Å². The van der Waals surface area contributed by atoms with E-state index in [1.807, 2.05) is 30.3 Å². The van der Waals surface area contributed by atoms with Crippen LogP contribution >= 0.6 is 0 Å². The van der Waals surface area contributed by atoms with Gasteiger partial charge in [0.2, 0.25) is 10.0 Å². The Morgan fingerprint density at radius 1 is 0.871 bits per heavy atom. The van der Waals surface area contributed by atoms with Crippen LogP contribution in [0.25, 0.3) is 0 Å². The lowest BCUT2D eigenvalue weighted by atomic mass is 10.1. The fraction of sp³-hybridized carbons (Fsp3) is 0.208. The van der Waals surface area contributed by atoms with Gasteiger partial charge in [0.05, 0.1) is 19.1 Å². The molecule has 0 saturated heterocycles. The van der Waals surface area contributed by atoms with Gasteiger partial charge < -0.3 is 9.47 Å². The molecule has 0 aliphatic carbocycles. The topological polar surface area (TPSA) is 72.9 Å². The maximum atomic E-state index is 13.5. The van der Waals surface area contributed by atoms with E-state index in [0.29, 0.717) is 22.6 Å². The van der Waals surface area contributed by atoms with E-state index >= 15 is 0 Å². The van der Waals surface area contributed by atoms with Crippen molar-refractivity contribution in [1.29, 1.82) is 0 Å². The quantitative estimate of drug-likeness (QED) is 0.465. The Bertz CT molecular complexity index is 1140. The van der Waals surface area contributed by atoms with E-state index in [-0.39, 0.29) is 23.8 Å². The molecular weight excluding hydrogens is 414 g/mol. The molecule has 0 aliphatic rings. The second-order valence-electron chi connectivity index (χ2n) is 7.02. The molecule has 0 fully saturated rings. The van der Waals surface area contributed by atoms with Crippen LogP contribution in [0.1, 0.15) is 28.4 Å². The maximum Gasteiger partial charge on any atom is 0.243 e. The van der Waals surface area contributed by atoms with E-state index in [9.17, 15) is 13.2 Å². The first-order valence-corrected chi connectivity index (χ1v) is 11.1. The number of carbonyl (C=O) groups is 1. The Hall–Kier alpha value is -3.16. The summed E-state index contributed by atoms with van der Waals surface area (Å²) in [5, 5.41) is 0. The predicted molar refractivity (Wildman–Crippen MR) is 119 cm³/mol. The Labute approximate surface area is 183 Å². The van der Waals surface area contributed by atoms with Gasteiger partial charge in [-0.1, -0.05) is 30.3 Å². The Balaban J connectivity index is 2.04. The molecule has 0 aromatic heterocycles. The van der Waals surface area contributed by atoms with Crippen LogP contribution < -0.4 is 9.47 Å². The van der Waals surface area contributed by atoms with Crippen LogP contribution in [-0.2, 0) is 23.1 Å². The molecule has 3 rings (SSSR count). The highest BCUT2D eigenvalue weighted by molar-refractivity contribution is 7.89. The largest absolute Gasteiger partial charge is 0.497 e. The zero-order valence-corrected chi connectivity index (χ0v) is 18.6. The minimum atomic E-state index is -3.84. The summed E-state index contributed by atoms with van der Waals surface area (Å²) in [7, 11) is -0.796. The Morgan fingerprint density at radius 2 is 1.55 bits per heavy atom. The standard InChI is InChI=1S/C24H25NO5S/c1-18(26)20-9-14-24(30-3)21(15-20)17-25(16-19-7-5-4-6-8-19)31(27,28)23-12-10-22(29-2)11-13-23/h4-15H,16-17H2,1-3H3. The summed E-state index contributed by atoms with van der Waals surface area (Å²) >= 11 is 0. The van der Waals surface area contributed by atoms with Crippen molar-refractivity contribution < 1.29 is 22.7 Å². The van der Waals surface area contributed by atoms with Gasteiger partial charge in [-0.25, -0.2) is 8.42 Å². The minimum Gasteiger partial charge on any atom is -0.497 e. The van der Waals surface area contributed by atoms with Crippen molar-refractivity contribution >= 4 is 15.8 Å². The van der Waals surface area contributed by atoms with Gasteiger partial charge in [-0.05, 0) is 55.0 Å². The fourth-order valence-corrected chi connectivity index (χ4v) is 4.63. The third kappa shape index (κ3) is 5.31. The summed E-state index contributed by atoms with van der Waals surface area (Å²) in [6.07, 6.45) is 0. The zero-order chi connectivity index (χ0) is 22.4. The van der Waals surface area contributed by atoms with E-state index in [2.05, 4.69) is 0 Å². The number of benzene rings is 3. The summed E-state index contributed by atoms with van der Waals surface area (Å²) in [5.74, 6) is 0.994. The molecule has 0 N–H and O–H groups in total. The van der Waals surface area contributed by atoms with Crippen LogP contribution in [0.5, 0.6) is 11.5 Å². The molecule has 0 saturated carbocycles. The molecule has 0 spiro atoms. The molecule has 162 valence electrons. The predicted octanol–water partition coefficient (Wildman–Crippen LogP) is 4.30. The Kier molecular flexibility index (Phi) is 7.09. The number of ketones is 1. The molecule has 6 nitrogen and oxygen atoms in total. The molecule has 3 aromatic carbocycles. The Morgan fingerprint density at radius 3 is 2.13 bits per heavy atom. The molecule has 0 bridgehead atoms. The maximum absolute atomic E-state index is 13.5. The zero-order valence-electron chi connectivity index (χ0n) is 17.7. The van der Waals surface area contributed by atoms with Crippen LogP contribution in [0.2, 0.25) is 0 Å². The highest BCUT2D eigenvalue weighted by Crippen LogP contribution is 2.27. The fourth-order valence-electron chi connectivity index (χ4n) is 3.22. The summed E-state index contributed by atoms with van der Waals surface area (Å²) in [5.41, 5.74) is 1.96. The smallest absolute Gasteiger partial charge is 0.243 e. The number of hydrogen-bond donors (Lipinski definition) is 0. The molecule has 0 aliphatic heterocycles. The van der Waals surface area contributed by atoms with E-state index in [1.54, 1.807) is 30.3 Å². The highest BCUT2D eigenvalue weighted by atomic mass is 32.2. The first-order chi connectivity index (χ1) is 14.8. The van der Waals surface area contributed by atoms with Crippen LogP contribution in [0.15, 0.2) is 77.7 Å². The average molecular weight is 440 g/mol. The van der Waals surface area contributed by atoms with Crippen molar-refractivity contribution in [2.45, 2.75) is 24.9 Å². The monoisotopic (exact) mass is 439 g/mol. The average Bonchev–Trinajstić information content (AvgIpc) is 2.79. The molecule has 0 amide bonds. The van der Waals surface area contributed by atoms with Crippen molar-refractivity contribution in [2.24, 2.45) is 0 Å². The summed E-state index contributed by atoms with van der Waals surface area (Å²) in [6.45, 7) is 1.69. The van der Waals surface area contributed by atoms with Gasteiger partial charge in [-0.2, -0.15) is 4.31 Å². The van der Waals surface area contributed by atoms with Crippen LogP contribution in [0.4, 0.5) is 0 Å². The third-order valence-corrected chi connectivity index (χ3v) is 6.74. The molecule has 0 heterocycles. The SMILES string of the molecule is COc1ccc(S(=O)(=O)N(Cc2ccccc2)Cc2cc(C(C)=O)ccc2OC)cc1. The second kappa shape index (κ2) is 9.76. The van der Waals surface area contributed by atoms with Gasteiger partial charge in [0.15, 0.2) is 5.78 Å².